The van der Waals surface area contributed by atoms with Crippen molar-refractivity contribution in [1.29, 1.82) is 0 Å². The first-order valence-electron chi connectivity index (χ1n) is 9.39. The van der Waals surface area contributed by atoms with Crippen LogP contribution in [0.25, 0.3) is 5.52 Å². The zero-order chi connectivity index (χ0) is 20.5. The zero-order valence-electron chi connectivity index (χ0n) is 17.0. The van der Waals surface area contributed by atoms with E-state index in [2.05, 4.69) is 10.3 Å². The largest absolute Gasteiger partial charge is 0.345 e. The molecule has 0 unspecified atom stereocenters. The van der Waals surface area contributed by atoms with Gasteiger partial charge in [0.1, 0.15) is 0 Å². The van der Waals surface area contributed by atoms with Gasteiger partial charge in [-0.1, -0.05) is 18.2 Å². The third-order valence-electron chi connectivity index (χ3n) is 4.32. The number of carbonyl (C=O) groups is 2. The molecule has 2 heterocycles. The van der Waals surface area contributed by atoms with Crippen LogP contribution in [0, 0.1) is 6.92 Å². The number of hydrogen-bond acceptors (Lipinski definition) is 3. The van der Waals surface area contributed by atoms with Crippen molar-refractivity contribution in [3.63, 3.8) is 0 Å². The molecule has 28 heavy (non-hydrogen) atoms. The predicted octanol–water partition coefficient (Wildman–Crippen LogP) is 3.84. The van der Waals surface area contributed by atoms with E-state index >= 15 is 0 Å². The molecule has 146 valence electrons. The summed E-state index contributed by atoms with van der Waals surface area (Å²) >= 11 is 0. The molecule has 0 saturated heterocycles. The number of nitrogens with zero attached hydrogens (tertiary/aromatic N) is 3. The minimum atomic E-state index is -0.404. The van der Waals surface area contributed by atoms with Gasteiger partial charge in [-0.15, -0.1) is 0 Å². The van der Waals surface area contributed by atoms with Crippen LogP contribution in [0.1, 0.15) is 54.4 Å². The van der Waals surface area contributed by atoms with E-state index in [4.69, 9.17) is 0 Å². The lowest BCUT2D eigenvalue weighted by Crippen LogP contribution is -2.41. The van der Waals surface area contributed by atoms with Crippen LogP contribution >= 0.6 is 0 Å². The topological polar surface area (TPSA) is 66.7 Å². The highest BCUT2D eigenvalue weighted by molar-refractivity contribution is 6.10. The average molecular weight is 378 g/mol. The van der Waals surface area contributed by atoms with Crippen molar-refractivity contribution >= 4 is 23.0 Å². The standard InChI is InChI=1S/C22H26N4O2/c1-6-25(16-11-9-10-15(2)14-16)21(28)18-17-12-7-8-13-26(17)19(23-18)20(27)24-22(3,4)5/h7-14H,6H2,1-5H3,(H,24,27). The van der Waals surface area contributed by atoms with E-state index in [1.165, 1.54) is 0 Å². The zero-order valence-corrected chi connectivity index (χ0v) is 17.0. The summed E-state index contributed by atoms with van der Waals surface area (Å²) in [7, 11) is 0. The second-order valence-electron chi connectivity index (χ2n) is 7.83. The number of rotatable bonds is 4. The molecule has 0 radical (unpaired) electrons. The van der Waals surface area contributed by atoms with Crippen LogP contribution in [0.4, 0.5) is 5.69 Å². The highest BCUT2D eigenvalue weighted by Crippen LogP contribution is 2.21. The third kappa shape index (κ3) is 3.91. The van der Waals surface area contributed by atoms with Gasteiger partial charge >= 0.3 is 0 Å². The molecule has 3 rings (SSSR count). The molecule has 0 spiro atoms. The lowest BCUT2D eigenvalue weighted by Gasteiger charge is -2.20. The Hall–Kier alpha value is -3.15. The molecule has 0 fully saturated rings. The van der Waals surface area contributed by atoms with E-state index in [1.54, 1.807) is 21.6 Å². The van der Waals surface area contributed by atoms with Crippen molar-refractivity contribution in [3.05, 3.63) is 65.7 Å². The Labute approximate surface area is 165 Å². The fourth-order valence-electron chi connectivity index (χ4n) is 3.12. The number of pyridine rings is 1. The summed E-state index contributed by atoms with van der Waals surface area (Å²) < 4.78 is 1.67. The van der Waals surface area contributed by atoms with Crippen LogP contribution in [-0.4, -0.2) is 33.3 Å². The van der Waals surface area contributed by atoms with Crippen molar-refractivity contribution in [2.24, 2.45) is 0 Å². The van der Waals surface area contributed by atoms with Gasteiger partial charge in [-0.05, 0) is 64.4 Å². The third-order valence-corrected chi connectivity index (χ3v) is 4.32. The Morgan fingerprint density at radius 1 is 1.14 bits per heavy atom. The molecule has 2 amide bonds. The van der Waals surface area contributed by atoms with E-state index in [-0.39, 0.29) is 23.3 Å². The summed E-state index contributed by atoms with van der Waals surface area (Å²) in [5.41, 5.74) is 2.36. The Bertz CT molecular complexity index is 1030. The average Bonchev–Trinajstić information content (AvgIpc) is 3.01. The van der Waals surface area contributed by atoms with E-state index in [9.17, 15) is 9.59 Å². The molecule has 0 aliphatic heterocycles. The van der Waals surface area contributed by atoms with Crippen LogP contribution in [0.5, 0.6) is 0 Å². The van der Waals surface area contributed by atoms with Gasteiger partial charge in [0.2, 0.25) is 5.82 Å². The number of anilines is 1. The summed E-state index contributed by atoms with van der Waals surface area (Å²) in [6.07, 6.45) is 1.75. The molecule has 1 N–H and O–H groups in total. The van der Waals surface area contributed by atoms with Crippen molar-refractivity contribution in [3.8, 4) is 0 Å². The van der Waals surface area contributed by atoms with Crippen molar-refractivity contribution in [1.82, 2.24) is 14.7 Å². The van der Waals surface area contributed by atoms with Gasteiger partial charge in [0, 0.05) is 24.0 Å². The van der Waals surface area contributed by atoms with Gasteiger partial charge in [0.15, 0.2) is 5.69 Å². The Kier molecular flexibility index (Phi) is 5.23. The molecule has 0 aliphatic carbocycles. The maximum atomic E-state index is 13.3. The summed E-state index contributed by atoms with van der Waals surface area (Å²) in [5, 5.41) is 2.92. The summed E-state index contributed by atoms with van der Waals surface area (Å²) in [6.45, 7) is 10.1. The molecular formula is C22H26N4O2. The predicted molar refractivity (Wildman–Crippen MR) is 111 cm³/mol. The Morgan fingerprint density at radius 2 is 1.89 bits per heavy atom. The monoisotopic (exact) mass is 378 g/mol. The molecule has 0 saturated carbocycles. The molecule has 6 nitrogen and oxygen atoms in total. The SMILES string of the molecule is CCN(C(=O)c1nc(C(=O)NC(C)(C)C)n2ccccc12)c1cccc(C)c1. The quantitative estimate of drug-likeness (QED) is 0.750. The van der Waals surface area contributed by atoms with Gasteiger partial charge in [0.05, 0.1) is 5.52 Å². The number of aromatic nitrogens is 2. The molecule has 0 aliphatic rings. The van der Waals surface area contributed by atoms with Gasteiger partial charge in [-0.3, -0.25) is 14.0 Å². The fraction of sp³-hybridized carbons (Fsp3) is 0.318. The van der Waals surface area contributed by atoms with Gasteiger partial charge < -0.3 is 10.2 Å². The van der Waals surface area contributed by atoms with Crippen LogP contribution in [0.3, 0.4) is 0 Å². The minimum absolute atomic E-state index is 0.203. The van der Waals surface area contributed by atoms with Crippen LogP contribution in [-0.2, 0) is 0 Å². The minimum Gasteiger partial charge on any atom is -0.345 e. The highest BCUT2D eigenvalue weighted by atomic mass is 16.2. The lowest BCUT2D eigenvalue weighted by atomic mass is 10.1. The summed E-state index contributed by atoms with van der Waals surface area (Å²) in [6, 6.07) is 13.2. The first-order valence-corrected chi connectivity index (χ1v) is 9.39. The fourth-order valence-corrected chi connectivity index (χ4v) is 3.12. The number of nitrogens with one attached hydrogen (secondary N) is 1. The van der Waals surface area contributed by atoms with Gasteiger partial charge in [0.25, 0.3) is 11.8 Å². The van der Waals surface area contributed by atoms with Gasteiger partial charge in [-0.25, -0.2) is 4.98 Å². The second-order valence-corrected chi connectivity index (χ2v) is 7.83. The maximum absolute atomic E-state index is 13.3. The molecular weight excluding hydrogens is 352 g/mol. The van der Waals surface area contributed by atoms with E-state index in [1.807, 2.05) is 71.0 Å². The Balaban J connectivity index is 2.07. The number of aryl methyl sites for hydroxylation is 1. The molecule has 0 bridgehead atoms. The summed E-state index contributed by atoms with van der Waals surface area (Å²) in [4.78, 5) is 32.2. The molecule has 1 aromatic carbocycles. The molecule has 6 heteroatoms. The number of fused-ring (bicyclic) bond motifs is 1. The van der Waals surface area contributed by atoms with Crippen LogP contribution in [0.2, 0.25) is 0 Å². The van der Waals surface area contributed by atoms with E-state index in [0.29, 0.717) is 12.1 Å². The van der Waals surface area contributed by atoms with Gasteiger partial charge in [-0.2, -0.15) is 0 Å². The molecule has 3 aromatic rings. The van der Waals surface area contributed by atoms with Crippen molar-refractivity contribution in [2.75, 3.05) is 11.4 Å². The molecule has 0 atom stereocenters. The normalized spacial score (nSPS) is 11.5. The summed E-state index contributed by atoms with van der Waals surface area (Å²) in [5.74, 6) is -0.341. The van der Waals surface area contributed by atoms with E-state index in [0.717, 1.165) is 11.3 Å². The Morgan fingerprint density at radius 3 is 2.54 bits per heavy atom. The number of amides is 2. The van der Waals surface area contributed by atoms with Crippen LogP contribution < -0.4 is 10.2 Å². The van der Waals surface area contributed by atoms with Crippen LogP contribution in [0.15, 0.2) is 48.7 Å². The first-order chi connectivity index (χ1) is 13.2. The maximum Gasteiger partial charge on any atom is 0.288 e. The number of carbonyl (C=O) groups excluding carboxylic acids is 2. The highest BCUT2D eigenvalue weighted by Gasteiger charge is 2.26. The first kappa shape index (κ1) is 19.6. The van der Waals surface area contributed by atoms with Crippen molar-refractivity contribution < 1.29 is 9.59 Å². The lowest BCUT2D eigenvalue weighted by molar-refractivity contribution is 0.0908. The second kappa shape index (κ2) is 7.46. The number of imidazole rings is 1. The van der Waals surface area contributed by atoms with E-state index < -0.39 is 5.54 Å². The van der Waals surface area contributed by atoms with Crippen molar-refractivity contribution in [2.45, 2.75) is 40.2 Å². The molecule has 2 aromatic heterocycles. The number of benzene rings is 1. The number of hydrogen-bond donors (Lipinski definition) is 1. The smallest absolute Gasteiger partial charge is 0.288 e.